The fraction of sp³-hybridized carbons (Fsp3) is 0.158. The summed E-state index contributed by atoms with van der Waals surface area (Å²) in [5.74, 6) is 114. The van der Waals surface area contributed by atoms with E-state index in [0.717, 1.165) is 38.3 Å². The van der Waals surface area contributed by atoms with Gasteiger partial charge in [-0.2, -0.15) is 0 Å². The molecule has 14 nitrogen and oxygen atoms in total. The van der Waals surface area contributed by atoms with Crippen LogP contribution in [0.5, 0.6) is 0 Å². The van der Waals surface area contributed by atoms with Crippen molar-refractivity contribution in [2.24, 2.45) is 0 Å². The molecule has 1 aliphatic rings. The first-order valence-electron chi connectivity index (χ1n) is 33.5. The number of imide groups is 1. The SMILES string of the molecule is C.CC#CC#CC#CC#CC#CC#CC#CC#CC#CC#CC#CC#CC#CC#CC#CC#CC#CC#CC#CC#CC#CC#CC#CC.CC1(C)OC(=O)N(C(=O)[C@@](C)(OCc2ccc(-c3ccccc3)cc2)[C@@H](O)c2ncco2)[C@H]1c1ccccc1.C[C@@](OCc1ccc(-c2ccccc2)cc1)(C(=O)CO)[C@@H](O)c1ncco1. The number of aliphatic hydroxyl groups excluding tert-OH is 3. The summed E-state index contributed by atoms with van der Waals surface area (Å²) < 4.78 is 27.9. The maximum atomic E-state index is 14.2. The molecule has 2 amide bonds. The third-order valence-corrected chi connectivity index (χ3v) is 14.5. The van der Waals surface area contributed by atoms with Gasteiger partial charge in [0.15, 0.2) is 29.2 Å². The summed E-state index contributed by atoms with van der Waals surface area (Å²) in [4.78, 5) is 48.5. The fourth-order valence-electron chi connectivity index (χ4n) is 9.06. The Morgan fingerprint density at radius 3 is 0.948 bits per heavy atom. The van der Waals surface area contributed by atoms with Gasteiger partial charge in [0.25, 0.3) is 5.91 Å². The molecule has 0 spiro atoms. The molecule has 14 heteroatoms. The highest BCUT2D eigenvalue weighted by Gasteiger charge is 2.58. The summed E-state index contributed by atoms with van der Waals surface area (Å²) in [6, 6.07) is 43.7. The number of aliphatic hydroxyl groups is 3. The summed E-state index contributed by atoms with van der Waals surface area (Å²) >= 11 is 0. The Labute approximate surface area is 672 Å². The summed E-state index contributed by atoms with van der Waals surface area (Å²) in [6.07, 6.45) is 1.47. The molecule has 5 aromatic carbocycles. The highest BCUT2D eigenvalue weighted by molar-refractivity contribution is 5.99. The van der Waals surface area contributed by atoms with Gasteiger partial charge >= 0.3 is 6.09 Å². The van der Waals surface area contributed by atoms with E-state index in [9.17, 15) is 29.7 Å². The predicted molar refractivity (Wildman–Crippen MR) is 439 cm³/mol. The zero-order valence-corrected chi connectivity index (χ0v) is 61.9. The number of nitrogens with zero attached hydrogens (tertiary/aromatic N) is 3. The van der Waals surface area contributed by atoms with Crippen molar-refractivity contribution >= 4 is 17.8 Å². The van der Waals surface area contributed by atoms with Gasteiger partial charge in [-0.05, 0) is 175 Å². The van der Waals surface area contributed by atoms with E-state index in [1.165, 1.54) is 38.8 Å². The molecule has 7 aromatic rings. The van der Waals surface area contributed by atoms with Crippen molar-refractivity contribution in [3.8, 4) is 295 Å². The standard InChI is InChI=1S/C48H6.C31H30N2O6.C21H21NO5.CH4/c1-3-5-7-9-11-13-15-17-19-21-23-25-27-29-31-33-35-37-39-41-43-45-47-48-46-44-42-40-38-36-34-32-30-28-26-24-22-20-18-16-14-12-10-8-6-4-2;1-30(2)25(24-12-8-5-9-13-24)33(29(36)39-30)28(35)31(3,26(34)27-32-18-19-37-27)38-20-21-14-16-23(17-15-21)22-10-6-4-7-11-22;1-21(18(24)13-23,19(25)20-22-11-12-26-20)27-14-15-7-9-17(10-8-15)16-5-3-2-4-6-16;/h1-2H3;4-19,25-26,34H,20H2,1-3H3;2-12,19,23,25H,13-14H2,1H3;1H4/t;25-,26-,31-;19-,21+;/m.00./s1. The van der Waals surface area contributed by atoms with Crippen molar-refractivity contribution in [3.63, 3.8) is 0 Å². The number of ketones is 1. The van der Waals surface area contributed by atoms with Crippen molar-refractivity contribution < 1.29 is 52.7 Å². The Hall–Kier alpha value is -17.2. The second-order valence-corrected chi connectivity index (χ2v) is 22.5. The smallest absolute Gasteiger partial charge is 0.417 e. The normalized spacial score (nSPS) is 11.4. The van der Waals surface area contributed by atoms with Gasteiger partial charge in [0.1, 0.15) is 30.8 Å². The lowest BCUT2D eigenvalue weighted by Gasteiger charge is -2.36. The Morgan fingerprint density at radius 2 is 0.678 bits per heavy atom. The number of cyclic esters (lactones) is 1. The van der Waals surface area contributed by atoms with Gasteiger partial charge < -0.3 is 38.4 Å². The lowest BCUT2D eigenvalue weighted by atomic mass is 9.89. The highest BCUT2D eigenvalue weighted by Crippen LogP contribution is 2.44. The van der Waals surface area contributed by atoms with E-state index < -0.39 is 59.4 Å². The van der Waals surface area contributed by atoms with Gasteiger partial charge in [0.2, 0.25) is 11.8 Å². The van der Waals surface area contributed by atoms with Crippen LogP contribution in [0.2, 0.25) is 0 Å². The average Bonchev–Trinajstić information content (AvgIpc) is 1.60. The molecule has 3 heterocycles. The topological polar surface area (TPSA) is 195 Å². The van der Waals surface area contributed by atoms with Crippen LogP contribution in [-0.4, -0.2) is 71.4 Å². The minimum absolute atomic E-state index is 0. The van der Waals surface area contributed by atoms with Crippen molar-refractivity contribution in [1.82, 2.24) is 14.9 Å². The Bertz CT molecular complexity index is 6090. The molecule has 1 fully saturated rings. The van der Waals surface area contributed by atoms with E-state index in [0.29, 0.717) is 5.56 Å². The molecule has 0 aliphatic carbocycles. The molecule has 1 saturated heterocycles. The van der Waals surface area contributed by atoms with E-state index in [2.05, 4.69) is 282 Å². The third kappa shape index (κ3) is 31.3. The average molecular weight is 1490 g/mol. The van der Waals surface area contributed by atoms with Crippen molar-refractivity contribution in [2.75, 3.05) is 6.61 Å². The number of aromatic nitrogens is 2. The first-order valence-corrected chi connectivity index (χ1v) is 33.5. The molecular weight excluding hydrogens is 1430 g/mol. The van der Waals surface area contributed by atoms with E-state index in [1.54, 1.807) is 27.7 Å². The fourth-order valence-corrected chi connectivity index (χ4v) is 9.06. The Balaban J connectivity index is 0.000000317. The molecule has 3 N–H and O–H groups in total. The first kappa shape index (κ1) is 88.4. The first-order chi connectivity index (χ1) is 55.7. The molecule has 546 valence electrons. The maximum Gasteiger partial charge on any atom is 0.417 e. The van der Waals surface area contributed by atoms with Crippen LogP contribution in [0.25, 0.3) is 22.3 Å². The molecule has 0 unspecified atom stereocenters. The monoisotopic (exact) mass is 1490 g/mol. The molecule has 1 aliphatic heterocycles. The molecule has 0 saturated carbocycles. The second-order valence-electron chi connectivity index (χ2n) is 22.5. The van der Waals surface area contributed by atoms with Gasteiger partial charge in [-0.1, -0.05) is 159 Å². The molecule has 8 rings (SSSR count). The van der Waals surface area contributed by atoms with E-state index in [1.807, 2.05) is 140 Å². The van der Waals surface area contributed by atoms with Gasteiger partial charge in [0.05, 0.1) is 25.6 Å². The molecule has 5 atom stereocenters. The Morgan fingerprint density at radius 1 is 0.417 bits per heavy atom. The molecule has 0 bridgehead atoms. The highest BCUT2D eigenvalue weighted by atomic mass is 16.6. The Kier molecular flexibility index (Phi) is 39.3. The number of Topliss-reactive ketones (excluding diaryl/α,β-unsaturated/α-hetero) is 1. The molecular formula is C101H61N3O11. The van der Waals surface area contributed by atoms with Crippen LogP contribution in [0.1, 0.15) is 95.7 Å². The van der Waals surface area contributed by atoms with Crippen LogP contribution < -0.4 is 0 Å². The zero-order valence-electron chi connectivity index (χ0n) is 61.9. The number of carbonyl (C=O) groups excluding carboxylic acids is 3. The molecule has 115 heavy (non-hydrogen) atoms. The summed E-state index contributed by atoms with van der Waals surface area (Å²) in [7, 11) is 0. The number of amides is 2. The molecule has 2 aromatic heterocycles. The summed E-state index contributed by atoms with van der Waals surface area (Å²) in [6.45, 7) is 9.01. The van der Waals surface area contributed by atoms with Gasteiger partial charge in [0, 0.05) is 166 Å². The van der Waals surface area contributed by atoms with Crippen LogP contribution in [0.4, 0.5) is 4.79 Å². The second kappa shape index (κ2) is 51.1. The molecule has 0 radical (unpaired) electrons. The number of hydrogen-bond donors (Lipinski definition) is 3. The lowest BCUT2D eigenvalue weighted by molar-refractivity contribution is -0.177. The summed E-state index contributed by atoms with van der Waals surface area (Å²) in [5, 5.41) is 31.1. The maximum absolute atomic E-state index is 14.2. The van der Waals surface area contributed by atoms with Crippen LogP contribution in [0.3, 0.4) is 0 Å². The van der Waals surface area contributed by atoms with E-state index in [-0.39, 0.29) is 32.4 Å². The minimum Gasteiger partial charge on any atom is -0.446 e. The van der Waals surface area contributed by atoms with Gasteiger partial charge in [-0.25, -0.2) is 19.7 Å². The van der Waals surface area contributed by atoms with Gasteiger partial charge in [-0.3, -0.25) is 9.59 Å². The third-order valence-electron chi connectivity index (χ3n) is 14.5. The minimum atomic E-state index is -1.94. The van der Waals surface area contributed by atoms with E-state index >= 15 is 0 Å². The van der Waals surface area contributed by atoms with Gasteiger partial charge in [-0.15, -0.1) is 0 Å². The predicted octanol–water partition coefficient (Wildman–Crippen LogP) is 10.5. The number of rotatable bonds is 16. The van der Waals surface area contributed by atoms with Crippen LogP contribution in [0, 0.1) is 272 Å². The number of oxazole rings is 2. The number of ether oxygens (including phenoxy) is 3. The van der Waals surface area contributed by atoms with Crippen molar-refractivity contribution in [2.45, 2.75) is 97.2 Å². The zero-order chi connectivity index (χ0) is 81.4. The van der Waals surface area contributed by atoms with Crippen molar-refractivity contribution in [1.29, 1.82) is 0 Å². The van der Waals surface area contributed by atoms with Crippen LogP contribution in [0.15, 0.2) is 173 Å². The lowest BCUT2D eigenvalue weighted by Crippen LogP contribution is -2.54. The summed E-state index contributed by atoms with van der Waals surface area (Å²) in [5.41, 5.74) is 1.95. The van der Waals surface area contributed by atoms with Crippen LogP contribution in [-0.2, 0) is 37.0 Å². The number of carbonyl (C=O) groups is 3. The number of benzene rings is 5. The van der Waals surface area contributed by atoms with Crippen LogP contribution >= 0.6 is 0 Å². The van der Waals surface area contributed by atoms with E-state index in [4.69, 9.17) is 23.0 Å². The quantitative estimate of drug-likeness (QED) is 0.0774. The largest absolute Gasteiger partial charge is 0.446 e. The number of hydrogen-bond acceptors (Lipinski definition) is 13. The van der Waals surface area contributed by atoms with Crippen molar-refractivity contribution in [3.05, 3.63) is 193 Å².